The first kappa shape index (κ1) is 15.7. The van der Waals surface area contributed by atoms with Crippen molar-refractivity contribution in [2.75, 3.05) is 0 Å². The molecule has 4 aromatic rings. The quantitative estimate of drug-likeness (QED) is 0.541. The maximum absolute atomic E-state index is 6.23. The van der Waals surface area contributed by atoms with E-state index in [2.05, 4.69) is 34.1 Å². The molecule has 0 atom stereocenters. The van der Waals surface area contributed by atoms with Crippen LogP contribution in [-0.2, 0) is 7.05 Å². The third-order valence-electron chi connectivity index (χ3n) is 3.60. The van der Waals surface area contributed by atoms with Gasteiger partial charge in [0.25, 0.3) is 0 Å². The Balaban J connectivity index is 1.90. The third kappa shape index (κ3) is 2.35. The van der Waals surface area contributed by atoms with Crippen molar-refractivity contribution < 1.29 is 0 Å². The minimum atomic E-state index is 0.338. The van der Waals surface area contributed by atoms with Gasteiger partial charge in [0.15, 0.2) is 5.01 Å². The lowest BCUT2D eigenvalue weighted by molar-refractivity contribution is 0.764. The summed E-state index contributed by atoms with van der Waals surface area (Å²) in [7, 11) is 1.82. The Hall–Kier alpha value is -1.84. The van der Waals surface area contributed by atoms with Crippen molar-refractivity contribution in [3.8, 4) is 21.4 Å². The van der Waals surface area contributed by atoms with Gasteiger partial charge in [0, 0.05) is 7.05 Å². The molecular formula is C14H14ClN7S2. The highest BCUT2D eigenvalue weighted by molar-refractivity contribution is 7.24. The number of halogens is 1. The molecule has 10 heteroatoms. The van der Waals surface area contributed by atoms with Crippen LogP contribution in [0.2, 0.25) is 5.02 Å². The fourth-order valence-electron chi connectivity index (χ4n) is 2.51. The molecule has 0 N–H and O–H groups in total. The van der Waals surface area contributed by atoms with Gasteiger partial charge in [-0.1, -0.05) is 36.8 Å². The van der Waals surface area contributed by atoms with Crippen molar-refractivity contribution in [3.63, 3.8) is 0 Å². The van der Waals surface area contributed by atoms with E-state index in [0.717, 1.165) is 25.5 Å². The summed E-state index contributed by atoms with van der Waals surface area (Å²) in [6.07, 6.45) is 1.59. The monoisotopic (exact) mass is 379 g/mol. The fraction of sp³-hybridized carbons (Fsp3) is 0.357. The summed E-state index contributed by atoms with van der Waals surface area (Å²) in [6, 6.07) is 0. The van der Waals surface area contributed by atoms with Gasteiger partial charge in [-0.25, -0.2) is 4.98 Å². The van der Waals surface area contributed by atoms with Gasteiger partial charge >= 0.3 is 0 Å². The van der Waals surface area contributed by atoms with Crippen molar-refractivity contribution >= 4 is 39.2 Å². The predicted molar refractivity (Wildman–Crippen MR) is 95.8 cm³/mol. The summed E-state index contributed by atoms with van der Waals surface area (Å²) in [6.45, 7) is 6.29. The molecular weight excluding hydrogens is 366 g/mol. The van der Waals surface area contributed by atoms with E-state index in [1.54, 1.807) is 26.7 Å². The molecule has 0 unspecified atom stereocenters. The number of hydrogen-bond donors (Lipinski definition) is 0. The van der Waals surface area contributed by atoms with Gasteiger partial charge in [0.05, 0.1) is 26.8 Å². The molecule has 0 aliphatic carbocycles. The third-order valence-corrected chi connectivity index (χ3v) is 5.91. The molecule has 4 rings (SSSR count). The van der Waals surface area contributed by atoms with Crippen LogP contribution in [0.15, 0.2) is 6.20 Å². The maximum atomic E-state index is 6.23. The summed E-state index contributed by atoms with van der Waals surface area (Å²) in [4.78, 5) is 6.46. The molecule has 0 aliphatic rings. The van der Waals surface area contributed by atoms with Crippen molar-refractivity contribution in [1.29, 1.82) is 0 Å². The summed E-state index contributed by atoms with van der Waals surface area (Å²) < 4.78 is 3.40. The van der Waals surface area contributed by atoms with Gasteiger partial charge in [-0.05, 0) is 12.8 Å². The van der Waals surface area contributed by atoms with E-state index in [0.29, 0.717) is 22.5 Å². The highest BCUT2D eigenvalue weighted by Crippen LogP contribution is 2.37. The molecule has 4 aromatic heterocycles. The van der Waals surface area contributed by atoms with Gasteiger partial charge in [0.2, 0.25) is 10.8 Å². The summed E-state index contributed by atoms with van der Waals surface area (Å²) in [5.41, 5.74) is 1.77. The Labute approximate surface area is 150 Å². The predicted octanol–water partition coefficient (Wildman–Crippen LogP) is 3.80. The lowest BCUT2D eigenvalue weighted by atomic mass is 10.1. The van der Waals surface area contributed by atoms with Crippen molar-refractivity contribution in [1.82, 2.24) is 34.6 Å². The van der Waals surface area contributed by atoms with Crippen LogP contribution < -0.4 is 0 Å². The lowest BCUT2D eigenvalue weighted by Gasteiger charge is -2.02. The van der Waals surface area contributed by atoms with Crippen molar-refractivity contribution in [2.24, 2.45) is 7.05 Å². The van der Waals surface area contributed by atoms with Gasteiger partial charge in [-0.2, -0.15) is 14.7 Å². The zero-order valence-corrected chi connectivity index (χ0v) is 15.9. The normalized spacial score (nSPS) is 11.9. The zero-order chi connectivity index (χ0) is 17.0. The van der Waals surface area contributed by atoms with Crippen LogP contribution in [0.5, 0.6) is 0 Å². The number of aromatic nitrogens is 7. The first-order valence-corrected chi connectivity index (χ1v) is 9.34. The molecule has 0 aromatic carbocycles. The van der Waals surface area contributed by atoms with Gasteiger partial charge < -0.3 is 0 Å². The topological polar surface area (TPSA) is 73.8 Å². The molecule has 0 amide bonds. The Morgan fingerprint density at radius 3 is 2.67 bits per heavy atom. The number of nitrogens with zero attached hydrogens (tertiary/aromatic N) is 7. The largest absolute Gasteiger partial charge is 0.263 e. The molecule has 0 fully saturated rings. The number of thiazole rings is 1. The average Bonchev–Trinajstić information content (AvgIpc) is 3.24. The standard InChI is InChI=1S/C14H14ClN7S2/c1-6(2)9-11(23-7(3)17-9)13-20-22-12(18-19-14(22)24-13)10-8(15)5-16-21(10)4/h5-6H,1-4H3. The minimum Gasteiger partial charge on any atom is -0.263 e. The first-order chi connectivity index (χ1) is 11.5. The Bertz CT molecular complexity index is 1020. The number of hydrogen-bond acceptors (Lipinski definition) is 7. The molecule has 7 nitrogen and oxygen atoms in total. The summed E-state index contributed by atoms with van der Waals surface area (Å²) >= 11 is 9.39. The molecule has 124 valence electrons. The zero-order valence-electron chi connectivity index (χ0n) is 13.5. The Morgan fingerprint density at radius 2 is 2.00 bits per heavy atom. The van der Waals surface area contributed by atoms with E-state index in [4.69, 9.17) is 16.7 Å². The number of aryl methyl sites for hydroxylation is 2. The van der Waals surface area contributed by atoms with Crippen LogP contribution in [-0.4, -0.2) is 34.6 Å². The molecule has 0 spiro atoms. The average molecular weight is 380 g/mol. The van der Waals surface area contributed by atoms with Crippen molar-refractivity contribution in [2.45, 2.75) is 26.7 Å². The van der Waals surface area contributed by atoms with Crippen LogP contribution in [0.25, 0.3) is 26.4 Å². The molecule has 0 saturated heterocycles. The Morgan fingerprint density at radius 1 is 1.21 bits per heavy atom. The smallest absolute Gasteiger partial charge is 0.235 e. The van der Waals surface area contributed by atoms with E-state index in [9.17, 15) is 0 Å². The summed E-state index contributed by atoms with van der Waals surface area (Å²) in [5, 5.41) is 19.8. The highest BCUT2D eigenvalue weighted by atomic mass is 35.5. The second-order valence-corrected chi connectivity index (χ2v) is 8.26. The molecule has 0 saturated carbocycles. The van der Waals surface area contributed by atoms with Crippen LogP contribution in [0, 0.1) is 6.92 Å². The van der Waals surface area contributed by atoms with Crippen LogP contribution in [0.1, 0.15) is 30.5 Å². The maximum Gasteiger partial charge on any atom is 0.235 e. The number of rotatable bonds is 3. The van der Waals surface area contributed by atoms with E-state index in [-0.39, 0.29) is 0 Å². The Kier molecular flexibility index (Phi) is 3.66. The minimum absolute atomic E-state index is 0.338. The SMILES string of the molecule is Cc1nc(C(C)C)c(-c2nn3c(-c4c(Cl)cnn4C)nnc3s2)s1. The van der Waals surface area contributed by atoms with Crippen LogP contribution in [0.4, 0.5) is 0 Å². The van der Waals surface area contributed by atoms with E-state index >= 15 is 0 Å². The van der Waals surface area contributed by atoms with Crippen LogP contribution in [0.3, 0.4) is 0 Å². The number of fused-ring (bicyclic) bond motifs is 1. The van der Waals surface area contributed by atoms with E-state index < -0.39 is 0 Å². The second-order valence-electron chi connectivity index (χ2n) is 5.69. The fourth-order valence-corrected chi connectivity index (χ4v) is 4.75. The molecule has 0 aliphatic heterocycles. The van der Waals surface area contributed by atoms with E-state index in [1.807, 2.05) is 14.0 Å². The first-order valence-electron chi connectivity index (χ1n) is 7.33. The highest BCUT2D eigenvalue weighted by Gasteiger charge is 2.22. The lowest BCUT2D eigenvalue weighted by Crippen LogP contribution is -1.99. The van der Waals surface area contributed by atoms with E-state index in [1.165, 1.54) is 11.3 Å². The molecule has 4 heterocycles. The molecule has 24 heavy (non-hydrogen) atoms. The van der Waals surface area contributed by atoms with Gasteiger partial charge in [0.1, 0.15) is 5.69 Å². The molecule has 0 bridgehead atoms. The van der Waals surface area contributed by atoms with Crippen LogP contribution >= 0.6 is 34.3 Å². The molecule has 0 radical (unpaired) electrons. The van der Waals surface area contributed by atoms with Gasteiger partial charge in [-0.3, -0.25) is 4.68 Å². The second kappa shape index (κ2) is 5.61. The van der Waals surface area contributed by atoms with Crippen molar-refractivity contribution in [3.05, 3.63) is 21.9 Å². The van der Waals surface area contributed by atoms with Gasteiger partial charge in [-0.15, -0.1) is 21.5 Å². The summed E-state index contributed by atoms with van der Waals surface area (Å²) in [5.74, 6) is 0.926.